The van der Waals surface area contributed by atoms with E-state index >= 15 is 0 Å². The maximum absolute atomic E-state index is 9.35. The van der Waals surface area contributed by atoms with Crippen molar-refractivity contribution in [2.75, 3.05) is 19.6 Å². The molecule has 0 unspecified atom stereocenters. The lowest BCUT2D eigenvalue weighted by Gasteiger charge is -2.42. The number of hydrazone groups is 1. The molecule has 1 fully saturated rings. The number of piperidine rings is 1. The summed E-state index contributed by atoms with van der Waals surface area (Å²) in [6.45, 7) is 11.2. The van der Waals surface area contributed by atoms with Crippen molar-refractivity contribution in [3.63, 3.8) is 0 Å². The zero-order valence-electron chi connectivity index (χ0n) is 14.0. The Bertz CT molecular complexity index is 694. The standard InChI is InChI=1S/C19H23N5/c1-16-13-23(14-18-9-5-4-8-17(18)12-20)19(15-24(16)21-2)22-10-6-3-7-11-22/h4-5,8-9,15H,1-3,6-7,10-11,13-14H2. The van der Waals surface area contributed by atoms with Crippen LogP contribution in [-0.2, 0) is 6.54 Å². The highest BCUT2D eigenvalue weighted by Crippen LogP contribution is 2.27. The zero-order chi connectivity index (χ0) is 16.9. The molecule has 0 aromatic heterocycles. The molecular formula is C19H23N5. The fraction of sp³-hybridized carbons (Fsp3) is 0.368. The molecule has 0 bridgehead atoms. The highest BCUT2D eigenvalue weighted by atomic mass is 15.5. The molecule has 0 atom stereocenters. The first-order chi connectivity index (χ1) is 11.7. The molecule has 5 heteroatoms. The van der Waals surface area contributed by atoms with Gasteiger partial charge >= 0.3 is 0 Å². The first kappa shape index (κ1) is 16.1. The summed E-state index contributed by atoms with van der Waals surface area (Å²) in [6.07, 6.45) is 5.72. The van der Waals surface area contributed by atoms with Gasteiger partial charge in [-0.05, 0) is 30.9 Å². The van der Waals surface area contributed by atoms with Crippen molar-refractivity contribution in [1.82, 2.24) is 14.8 Å². The molecule has 0 spiro atoms. The number of hydrogen-bond acceptors (Lipinski definition) is 5. The van der Waals surface area contributed by atoms with Crippen LogP contribution in [-0.4, -0.2) is 41.2 Å². The first-order valence-electron chi connectivity index (χ1n) is 8.36. The number of nitriles is 1. The molecule has 0 amide bonds. The van der Waals surface area contributed by atoms with Crippen molar-refractivity contribution in [2.45, 2.75) is 25.8 Å². The largest absolute Gasteiger partial charge is 0.357 e. The molecule has 0 radical (unpaired) electrons. The maximum atomic E-state index is 9.35. The van der Waals surface area contributed by atoms with Crippen LogP contribution in [0, 0.1) is 11.3 Å². The van der Waals surface area contributed by atoms with Gasteiger partial charge in [0.1, 0.15) is 5.82 Å². The van der Waals surface area contributed by atoms with Gasteiger partial charge < -0.3 is 9.80 Å². The summed E-state index contributed by atoms with van der Waals surface area (Å²) in [5.74, 6) is 1.14. The quantitative estimate of drug-likeness (QED) is 0.800. The molecule has 0 N–H and O–H groups in total. The second kappa shape index (κ2) is 7.22. The van der Waals surface area contributed by atoms with Crippen LogP contribution in [0.15, 0.2) is 53.7 Å². The van der Waals surface area contributed by atoms with Gasteiger partial charge in [-0.15, -0.1) is 0 Å². The molecule has 3 rings (SSSR count). The molecule has 2 heterocycles. The number of likely N-dealkylation sites (tertiary alicyclic amines) is 1. The number of nitrogens with zero attached hydrogens (tertiary/aromatic N) is 5. The third-order valence-electron chi connectivity index (χ3n) is 4.59. The van der Waals surface area contributed by atoms with Crippen LogP contribution in [0.2, 0.25) is 0 Å². The van der Waals surface area contributed by atoms with Gasteiger partial charge in [-0.25, -0.2) is 5.01 Å². The zero-order valence-corrected chi connectivity index (χ0v) is 14.0. The predicted octanol–water partition coefficient (Wildman–Crippen LogP) is 3.09. The Kier molecular flexibility index (Phi) is 4.85. The molecular weight excluding hydrogens is 298 g/mol. The SMILES string of the molecule is C=NN1C=C(N2CCCCC2)N(Cc2ccccc2C#N)CC1=C. The molecule has 5 nitrogen and oxygen atoms in total. The second-order valence-corrected chi connectivity index (χ2v) is 6.21. The lowest BCUT2D eigenvalue weighted by molar-refractivity contribution is 0.160. The minimum absolute atomic E-state index is 0.682. The molecule has 124 valence electrons. The van der Waals surface area contributed by atoms with E-state index in [0.717, 1.165) is 35.7 Å². The highest BCUT2D eigenvalue weighted by Gasteiger charge is 2.26. The molecule has 0 saturated carbocycles. The molecule has 0 aliphatic carbocycles. The third kappa shape index (κ3) is 3.28. The summed E-state index contributed by atoms with van der Waals surface area (Å²) >= 11 is 0. The van der Waals surface area contributed by atoms with Gasteiger partial charge in [0, 0.05) is 26.4 Å². The van der Waals surface area contributed by atoms with Crippen LogP contribution in [0.5, 0.6) is 0 Å². The Balaban J connectivity index is 1.90. The molecule has 24 heavy (non-hydrogen) atoms. The lowest BCUT2D eigenvalue weighted by Crippen LogP contribution is -2.43. The summed E-state index contributed by atoms with van der Waals surface area (Å²) in [6, 6.07) is 10.1. The van der Waals surface area contributed by atoms with Gasteiger partial charge in [0.15, 0.2) is 0 Å². The van der Waals surface area contributed by atoms with Crippen LogP contribution in [0.1, 0.15) is 30.4 Å². The average molecular weight is 321 g/mol. The summed E-state index contributed by atoms with van der Waals surface area (Å²) in [5, 5.41) is 15.2. The van der Waals surface area contributed by atoms with Gasteiger partial charge in [0.25, 0.3) is 0 Å². The molecule has 2 aliphatic rings. The lowest BCUT2D eigenvalue weighted by atomic mass is 10.1. The minimum Gasteiger partial charge on any atom is -0.357 e. The Morgan fingerprint density at radius 1 is 1.17 bits per heavy atom. The van der Waals surface area contributed by atoms with Crippen LogP contribution in [0.25, 0.3) is 0 Å². The van der Waals surface area contributed by atoms with Crippen molar-refractivity contribution in [2.24, 2.45) is 5.10 Å². The monoisotopic (exact) mass is 321 g/mol. The molecule has 1 saturated heterocycles. The Hall–Kier alpha value is -2.74. The second-order valence-electron chi connectivity index (χ2n) is 6.21. The van der Waals surface area contributed by atoms with Gasteiger partial charge in [-0.1, -0.05) is 24.8 Å². The molecule has 2 aliphatic heterocycles. The summed E-state index contributed by atoms with van der Waals surface area (Å²) < 4.78 is 0. The Morgan fingerprint density at radius 3 is 2.62 bits per heavy atom. The van der Waals surface area contributed by atoms with Crippen LogP contribution < -0.4 is 0 Å². The van der Waals surface area contributed by atoms with E-state index in [4.69, 9.17) is 0 Å². The van der Waals surface area contributed by atoms with Crippen molar-refractivity contribution >= 4 is 6.72 Å². The van der Waals surface area contributed by atoms with Gasteiger partial charge in [0.05, 0.1) is 30.1 Å². The van der Waals surface area contributed by atoms with Crippen molar-refractivity contribution in [1.29, 1.82) is 5.26 Å². The van der Waals surface area contributed by atoms with E-state index in [1.54, 1.807) is 5.01 Å². The van der Waals surface area contributed by atoms with E-state index in [-0.39, 0.29) is 0 Å². The van der Waals surface area contributed by atoms with Crippen molar-refractivity contribution in [3.05, 3.63) is 59.7 Å². The van der Waals surface area contributed by atoms with Gasteiger partial charge in [-0.2, -0.15) is 10.4 Å². The van der Waals surface area contributed by atoms with Crippen molar-refractivity contribution in [3.8, 4) is 6.07 Å². The normalized spacial score (nSPS) is 18.2. The Morgan fingerprint density at radius 2 is 1.92 bits per heavy atom. The maximum Gasteiger partial charge on any atom is 0.123 e. The van der Waals surface area contributed by atoms with Crippen LogP contribution in [0.3, 0.4) is 0 Å². The van der Waals surface area contributed by atoms with Gasteiger partial charge in [0.2, 0.25) is 0 Å². The number of rotatable bonds is 4. The first-order valence-corrected chi connectivity index (χ1v) is 8.36. The summed E-state index contributed by atoms with van der Waals surface area (Å²) in [7, 11) is 0. The van der Waals surface area contributed by atoms with E-state index in [1.165, 1.54) is 19.3 Å². The third-order valence-corrected chi connectivity index (χ3v) is 4.59. The van der Waals surface area contributed by atoms with Crippen LogP contribution in [0.4, 0.5) is 0 Å². The van der Waals surface area contributed by atoms with Crippen LogP contribution >= 0.6 is 0 Å². The topological polar surface area (TPSA) is 45.9 Å². The molecule has 1 aromatic carbocycles. The number of hydrogen-bond donors (Lipinski definition) is 0. The van der Waals surface area contributed by atoms with E-state index in [2.05, 4.69) is 34.3 Å². The molecule has 1 aromatic rings. The van der Waals surface area contributed by atoms with Crippen molar-refractivity contribution < 1.29 is 0 Å². The highest BCUT2D eigenvalue weighted by molar-refractivity contribution is 5.38. The smallest absolute Gasteiger partial charge is 0.123 e. The van der Waals surface area contributed by atoms with Gasteiger partial charge in [-0.3, -0.25) is 0 Å². The average Bonchev–Trinajstić information content (AvgIpc) is 2.63. The fourth-order valence-corrected chi connectivity index (χ4v) is 3.31. The van der Waals surface area contributed by atoms with E-state index in [1.807, 2.05) is 30.5 Å². The van der Waals surface area contributed by atoms with E-state index in [9.17, 15) is 5.26 Å². The fourth-order valence-electron chi connectivity index (χ4n) is 3.31. The van der Waals surface area contributed by atoms with E-state index < -0.39 is 0 Å². The number of benzene rings is 1. The minimum atomic E-state index is 0.682. The van der Waals surface area contributed by atoms with E-state index in [0.29, 0.717) is 13.1 Å². The predicted molar refractivity (Wildman–Crippen MR) is 95.6 cm³/mol. The summed E-state index contributed by atoms with van der Waals surface area (Å²) in [4.78, 5) is 4.69. The summed E-state index contributed by atoms with van der Waals surface area (Å²) in [5.41, 5.74) is 2.65. The Labute approximate surface area is 143 Å².